The van der Waals surface area contributed by atoms with Crippen LogP contribution in [0.15, 0.2) is 18.5 Å². The fourth-order valence-electron chi connectivity index (χ4n) is 0.874. The lowest BCUT2D eigenvalue weighted by Crippen LogP contribution is -2.34. The minimum atomic E-state index is -3.56. The van der Waals surface area contributed by atoms with Gasteiger partial charge in [0.2, 0.25) is 10.0 Å². The molecule has 0 saturated heterocycles. The number of halogens is 2. The first-order valence-electron chi connectivity index (χ1n) is 3.95. The summed E-state index contributed by atoms with van der Waals surface area (Å²) < 4.78 is 27.2. The topological polar surface area (TPSA) is 66.4 Å². The van der Waals surface area contributed by atoms with Gasteiger partial charge in [-0.3, -0.25) is 0 Å². The fraction of sp³-hybridized carbons (Fsp3) is 0.429. The van der Waals surface area contributed by atoms with E-state index in [0.717, 1.165) is 3.79 Å². The van der Waals surface area contributed by atoms with Crippen molar-refractivity contribution in [2.45, 2.75) is 17.9 Å². The Bertz CT molecular complexity index is 443. The van der Waals surface area contributed by atoms with Crippen LogP contribution in [0.5, 0.6) is 0 Å². The quantitative estimate of drug-likeness (QED) is 0.841. The van der Waals surface area contributed by atoms with Crippen molar-refractivity contribution in [2.75, 3.05) is 6.61 Å². The number of rotatable bonds is 4. The van der Waals surface area contributed by atoms with Crippen LogP contribution in [0.25, 0.3) is 0 Å². The minimum absolute atomic E-state index is 0.180. The van der Waals surface area contributed by atoms with Crippen LogP contribution in [0.2, 0.25) is 0 Å². The first-order chi connectivity index (χ1) is 6.86. The summed E-state index contributed by atoms with van der Waals surface area (Å²) in [5.41, 5.74) is 0. The van der Waals surface area contributed by atoms with Gasteiger partial charge in [0.1, 0.15) is 4.90 Å². The van der Waals surface area contributed by atoms with Crippen LogP contribution < -0.4 is 4.72 Å². The van der Waals surface area contributed by atoms with Crippen LogP contribution in [0.4, 0.5) is 0 Å². The number of aliphatic hydroxyl groups excluding tert-OH is 1. The predicted octanol–water partition coefficient (Wildman–Crippen LogP) is 1.93. The molecule has 0 fully saturated rings. The molecule has 1 rings (SSSR count). The summed E-state index contributed by atoms with van der Waals surface area (Å²) in [6, 6.07) is 1.02. The molecule has 4 nitrogen and oxygen atoms in total. The van der Waals surface area contributed by atoms with Gasteiger partial charge in [0, 0.05) is 6.04 Å². The van der Waals surface area contributed by atoms with E-state index in [1.54, 1.807) is 6.92 Å². The Morgan fingerprint density at radius 2 is 2.20 bits per heavy atom. The highest BCUT2D eigenvalue weighted by Crippen LogP contribution is 2.34. The molecule has 0 amide bonds. The van der Waals surface area contributed by atoms with Crippen molar-refractivity contribution in [3.05, 3.63) is 13.6 Å². The molecule has 0 radical (unpaired) electrons. The Morgan fingerprint density at radius 1 is 1.60 bits per heavy atom. The van der Waals surface area contributed by atoms with E-state index in [1.165, 1.54) is 17.4 Å². The lowest BCUT2D eigenvalue weighted by molar-refractivity contribution is 0.265. The van der Waals surface area contributed by atoms with Gasteiger partial charge in [0.25, 0.3) is 0 Å². The lowest BCUT2D eigenvalue weighted by Gasteiger charge is -2.10. The number of thiophene rings is 1. The second-order valence-electron chi connectivity index (χ2n) is 2.89. The Labute approximate surface area is 109 Å². The lowest BCUT2D eigenvalue weighted by atomic mass is 10.4. The molecule has 2 N–H and O–H groups in total. The van der Waals surface area contributed by atoms with Crippen molar-refractivity contribution in [3.63, 3.8) is 0 Å². The summed E-state index contributed by atoms with van der Waals surface area (Å²) in [5, 5.41) is 8.77. The Morgan fingerprint density at radius 3 is 2.60 bits per heavy atom. The molecule has 1 aromatic rings. The van der Waals surface area contributed by atoms with Crippen LogP contribution in [0.3, 0.4) is 0 Å². The smallest absolute Gasteiger partial charge is 0.242 e. The summed E-state index contributed by atoms with van der Waals surface area (Å²) in [6.45, 7) is 1.36. The number of nitrogens with one attached hydrogen (secondary N) is 1. The highest BCUT2D eigenvalue weighted by molar-refractivity contribution is 9.12. The molecular weight excluding hydrogens is 370 g/mol. The van der Waals surface area contributed by atoms with E-state index in [4.69, 9.17) is 5.11 Å². The van der Waals surface area contributed by atoms with Crippen molar-refractivity contribution in [1.29, 1.82) is 0 Å². The van der Waals surface area contributed by atoms with Gasteiger partial charge in [-0.2, -0.15) is 0 Å². The molecule has 1 atom stereocenters. The summed E-state index contributed by atoms with van der Waals surface area (Å²) in [7, 11) is -3.56. The van der Waals surface area contributed by atoms with E-state index in [0.29, 0.717) is 3.79 Å². The predicted molar refractivity (Wildman–Crippen MR) is 66.6 cm³/mol. The average molecular weight is 379 g/mol. The van der Waals surface area contributed by atoms with Crippen LogP contribution in [0, 0.1) is 0 Å². The van der Waals surface area contributed by atoms with Gasteiger partial charge < -0.3 is 5.11 Å². The van der Waals surface area contributed by atoms with Crippen molar-refractivity contribution in [2.24, 2.45) is 0 Å². The van der Waals surface area contributed by atoms with Crippen LogP contribution in [-0.2, 0) is 10.0 Å². The molecule has 1 aromatic heterocycles. The molecule has 0 unspecified atom stereocenters. The van der Waals surface area contributed by atoms with E-state index in [-0.39, 0.29) is 11.5 Å². The van der Waals surface area contributed by atoms with Gasteiger partial charge >= 0.3 is 0 Å². The normalized spacial score (nSPS) is 14.1. The van der Waals surface area contributed by atoms with Gasteiger partial charge in [-0.1, -0.05) is 0 Å². The molecule has 86 valence electrons. The first-order valence-corrected chi connectivity index (χ1v) is 7.83. The fourth-order valence-corrected chi connectivity index (χ4v) is 5.92. The maximum Gasteiger partial charge on any atom is 0.242 e. The molecular formula is C7H9Br2NO3S2. The zero-order valence-electron chi connectivity index (χ0n) is 7.70. The van der Waals surface area contributed by atoms with Gasteiger partial charge in [-0.15, -0.1) is 11.3 Å². The van der Waals surface area contributed by atoms with Crippen molar-refractivity contribution in [1.82, 2.24) is 4.72 Å². The van der Waals surface area contributed by atoms with Gasteiger partial charge in [-0.05, 0) is 44.8 Å². The van der Waals surface area contributed by atoms with Crippen molar-refractivity contribution < 1.29 is 13.5 Å². The second kappa shape index (κ2) is 5.24. The third-order valence-corrected chi connectivity index (χ3v) is 5.89. The third-order valence-electron chi connectivity index (χ3n) is 1.55. The molecule has 0 aliphatic rings. The minimum Gasteiger partial charge on any atom is -0.395 e. The third kappa shape index (κ3) is 3.50. The van der Waals surface area contributed by atoms with Crippen LogP contribution in [0.1, 0.15) is 6.92 Å². The van der Waals surface area contributed by atoms with E-state index < -0.39 is 16.1 Å². The van der Waals surface area contributed by atoms with E-state index >= 15 is 0 Å². The molecule has 8 heteroatoms. The summed E-state index contributed by atoms with van der Waals surface area (Å²) in [6.07, 6.45) is 0. The number of hydrogen-bond acceptors (Lipinski definition) is 4. The molecule has 15 heavy (non-hydrogen) atoms. The molecule has 1 heterocycles. The maximum absolute atomic E-state index is 11.8. The molecule has 0 saturated carbocycles. The van der Waals surface area contributed by atoms with Crippen molar-refractivity contribution in [3.8, 4) is 0 Å². The van der Waals surface area contributed by atoms with E-state index in [1.807, 2.05) is 0 Å². The van der Waals surface area contributed by atoms with Gasteiger partial charge in [-0.25, -0.2) is 13.1 Å². The Kier molecular flexibility index (Phi) is 4.75. The number of hydrogen-bond donors (Lipinski definition) is 2. The molecule has 0 aromatic carbocycles. The van der Waals surface area contributed by atoms with Crippen LogP contribution >= 0.6 is 43.2 Å². The number of sulfonamides is 1. The molecule has 0 spiro atoms. The van der Waals surface area contributed by atoms with Crippen LogP contribution in [-0.4, -0.2) is 26.2 Å². The van der Waals surface area contributed by atoms with E-state index in [9.17, 15) is 8.42 Å². The highest BCUT2D eigenvalue weighted by atomic mass is 79.9. The van der Waals surface area contributed by atoms with Gasteiger partial charge in [0.05, 0.1) is 14.2 Å². The zero-order chi connectivity index (χ0) is 11.6. The summed E-state index contributed by atoms with van der Waals surface area (Å²) in [4.78, 5) is 0.180. The standard InChI is InChI=1S/C7H9Br2NO3S2/c1-4(3-11)10-15(12,13)5-2-6(8)14-7(5)9/h2,4,10-11H,3H2,1H3/t4-/m0/s1. The molecule has 0 aliphatic carbocycles. The first kappa shape index (κ1) is 13.6. The largest absolute Gasteiger partial charge is 0.395 e. The number of aliphatic hydroxyl groups is 1. The van der Waals surface area contributed by atoms with E-state index in [2.05, 4.69) is 36.6 Å². The second-order valence-corrected chi connectivity index (χ2v) is 8.33. The summed E-state index contributed by atoms with van der Waals surface area (Å²) >= 11 is 7.66. The Balaban J connectivity index is 3.01. The zero-order valence-corrected chi connectivity index (χ0v) is 12.5. The molecule has 0 aliphatic heterocycles. The monoisotopic (exact) mass is 377 g/mol. The SMILES string of the molecule is C[C@@H](CO)NS(=O)(=O)c1cc(Br)sc1Br. The average Bonchev–Trinajstić information content (AvgIpc) is 2.45. The van der Waals surface area contributed by atoms with Gasteiger partial charge in [0.15, 0.2) is 0 Å². The van der Waals surface area contributed by atoms with Crippen molar-refractivity contribution >= 4 is 53.2 Å². The maximum atomic E-state index is 11.8. The summed E-state index contributed by atoms with van der Waals surface area (Å²) in [5.74, 6) is 0. The highest BCUT2D eigenvalue weighted by Gasteiger charge is 2.22. The molecule has 0 bridgehead atoms. The Hall–Kier alpha value is 0.530.